The Morgan fingerprint density at radius 3 is 2.39 bits per heavy atom. The Bertz CT molecular complexity index is 914. The molecule has 0 bridgehead atoms. The van der Waals surface area contributed by atoms with Crippen molar-refractivity contribution < 1.29 is 28.7 Å². The smallest absolute Gasteiger partial charge is 0.338 e. The second-order valence-electron chi connectivity index (χ2n) is 6.50. The maximum absolute atomic E-state index is 12.6. The molecule has 0 aliphatic heterocycles. The van der Waals surface area contributed by atoms with Crippen molar-refractivity contribution in [3.8, 4) is 0 Å². The van der Waals surface area contributed by atoms with Gasteiger partial charge in [-0.15, -0.1) is 0 Å². The Morgan fingerprint density at radius 2 is 1.68 bits per heavy atom. The van der Waals surface area contributed by atoms with Crippen molar-refractivity contribution in [3.05, 3.63) is 74.8 Å². The molecule has 0 saturated heterocycles. The van der Waals surface area contributed by atoms with E-state index in [0.717, 1.165) is 23.3 Å². The van der Waals surface area contributed by atoms with Crippen LogP contribution >= 0.6 is 0 Å². The number of rotatable bonds is 12. The number of nitrogens with zero attached hydrogens (tertiary/aromatic N) is 1. The average Bonchev–Trinajstić information content (AvgIpc) is 2.77. The van der Waals surface area contributed by atoms with E-state index in [1.807, 2.05) is 31.2 Å². The minimum Gasteiger partial charge on any atom is -0.462 e. The summed E-state index contributed by atoms with van der Waals surface area (Å²) in [7, 11) is 0. The van der Waals surface area contributed by atoms with E-state index < -0.39 is 16.8 Å². The normalized spacial score (nSPS) is 10.5. The summed E-state index contributed by atoms with van der Waals surface area (Å²) >= 11 is 0. The summed E-state index contributed by atoms with van der Waals surface area (Å²) in [6.07, 6.45) is 0. The van der Waals surface area contributed by atoms with Crippen molar-refractivity contribution in [2.24, 2.45) is 0 Å². The van der Waals surface area contributed by atoms with Gasteiger partial charge in [0.2, 0.25) is 0 Å². The number of amides is 1. The quantitative estimate of drug-likeness (QED) is 0.238. The van der Waals surface area contributed by atoms with E-state index >= 15 is 0 Å². The van der Waals surface area contributed by atoms with Crippen LogP contribution in [0.25, 0.3) is 0 Å². The molecule has 1 N–H and O–H groups in total. The lowest BCUT2D eigenvalue weighted by molar-refractivity contribution is -0.384. The van der Waals surface area contributed by atoms with Crippen LogP contribution < -0.4 is 5.32 Å². The summed E-state index contributed by atoms with van der Waals surface area (Å²) in [6, 6.07) is 11.0. The van der Waals surface area contributed by atoms with Crippen molar-refractivity contribution in [3.63, 3.8) is 0 Å². The highest BCUT2D eigenvalue weighted by molar-refractivity contribution is 5.99. The van der Waals surface area contributed by atoms with Gasteiger partial charge in [0.15, 0.2) is 0 Å². The Kier molecular flexibility index (Phi) is 9.60. The predicted molar refractivity (Wildman–Crippen MR) is 113 cm³/mol. The molecule has 0 aliphatic carbocycles. The van der Waals surface area contributed by atoms with Gasteiger partial charge in [0.1, 0.15) is 0 Å². The van der Waals surface area contributed by atoms with Gasteiger partial charge in [0.05, 0.1) is 36.9 Å². The summed E-state index contributed by atoms with van der Waals surface area (Å²) in [5, 5.41) is 13.9. The van der Waals surface area contributed by atoms with E-state index in [2.05, 4.69) is 5.32 Å². The monoisotopic (exact) mass is 430 g/mol. The molecule has 0 aliphatic rings. The van der Waals surface area contributed by atoms with Crippen molar-refractivity contribution in [1.82, 2.24) is 5.32 Å². The zero-order valence-electron chi connectivity index (χ0n) is 17.6. The van der Waals surface area contributed by atoms with Gasteiger partial charge in [0.25, 0.3) is 11.6 Å². The minimum atomic E-state index is -0.725. The number of esters is 1. The third kappa shape index (κ3) is 7.80. The molecule has 0 aromatic heterocycles. The highest BCUT2D eigenvalue weighted by atomic mass is 16.6. The van der Waals surface area contributed by atoms with Gasteiger partial charge in [-0.3, -0.25) is 14.9 Å². The number of nitro groups is 1. The number of ether oxygens (including phenoxy) is 3. The van der Waals surface area contributed by atoms with Gasteiger partial charge in [0, 0.05) is 30.8 Å². The summed E-state index contributed by atoms with van der Waals surface area (Å²) in [4.78, 5) is 35.0. The van der Waals surface area contributed by atoms with E-state index in [9.17, 15) is 19.7 Å². The zero-order chi connectivity index (χ0) is 22.6. The molecule has 1 amide bonds. The molecule has 166 valence electrons. The average molecular weight is 430 g/mol. The van der Waals surface area contributed by atoms with Gasteiger partial charge < -0.3 is 19.5 Å². The second kappa shape index (κ2) is 12.4. The Morgan fingerprint density at radius 1 is 0.968 bits per heavy atom. The molecule has 0 spiro atoms. The highest BCUT2D eigenvalue weighted by Gasteiger charge is 2.18. The SMILES string of the molecule is CCOCCOCc1cccc(CNC(=O)c2cc(C(=O)OCC)cc([N+](=O)[O-])c2)c1. The molecule has 2 aromatic carbocycles. The lowest BCUT2D eigenvalue weighted by Crippen LogP contribution is -2.23. The molecule has 9 nitrogen and oxygen atoms in total. The van der Waals surface area contributed by atoms with Gasteiger partial charge >= 0.3 is 5.97 Å². The summed E-state index contributed by atoms with van der Waals surface area (Å²) in [5.74, 6) is -1.26. The van der Waals surface area contributed by atoms with Crippen molar-refractivity contribution in [2.45, 2.75) is 27.0 Å². The number of nitrogens with one attached hydrogen (secondary N) is 1. The van der Waals surface area contributed by atoms with Crippen LogP contribution in [0.2, 0.25) is 0 Å². The number of nitro benzene ring substituents is 1. The topological polar surface area (TPSA) is 117 Å². The molecule has 31 heavy (non-hydrogen) atoms. The molecular weight excluding hydrogens is 404 g/mol. The van der Waals surface area contributed by atoms with Crippen LogP contribution in [-0.4, -0.2) is 43.2 Å². The molecule has 0 saturated carbocycles. The van der Waals surface area contributed by atoms with Gasteiger partial charge in [-0.05, 0) is 31.0 Å². The fourth-order valence-electron chi connectivity index (χ4n) is 2.75. The summed E-state index contributed by atoms with van der Waals surface area (Å²) in [6.45, 7) is 5.96. The number of benzene rings is 2. The predicted octanol–water partition coefficient (Wildman–Crippen LogP) is 3.25. The number of carbonyl (C=O) groups is 2. The molecule has 0 atom stereocenters. The molecule has 2 rings (SSSR count). The van der Waals surface area contributed by atoms with Crippen LogP contribution in [0.4, 0.5) is 5.69 Å². The standard InChI is InChI=1S/C22H26N2O7/c1-3-29-8-9-30-15-17-7-5-6-16(10-17)14-23-21(25)18-11-19(22(26)31-4-2)13-20(12-18)24(27)28/h5-7,10-13H,3-4,8-9,14-15H2,1-2H3,(H,23,25). The molecule has 0 fully saturated rings. The van der Waals surface area contributed by atoms with E-state index in [1.165, 1.54) is 6.07 Å². The summed E-state index contributed by atoms with van der Waals surface area (Å²) < 4.78 is 15.6. The first-order valence-electron chi connectivity index (χ1n) is 9.92. The van der Waals surface area contributed by atoms with Gasteiger partial charge in [-0.1, -0.05) is 24.3 Å². The van der Waals surface area contributed by atoms with Crippen molar-refractivity contribution >= 4 is 17.6 Å². The molecule has 0 unspecified atom stereocenters. The zero-order valence-corrected chi connectivity index (χ0v) is 17.6. The number of non-ortho nitro benzene ring substituents is 1. The van der Waals surface area contributed by atoms with Crippen LogP contribution in [0.5, 0.6) is 0 Å². The maximum Gasteiger partial charge on any atom is 0.338 e. The fourth-order valence-corrected chi connectivity index (χ4v) is 2.75. The summed E-state index contributed by atoms with van der Waals surface area (Å²) in [5.41, 5.74) is 1.39. The van der Waals surface area contributed by atoms with E-state index in [1.54, 1.807) is 6.92 Å². The van der Waals surface area contributed by atoms with E-state index in [4.69, 9.17) is 14.2 Å². The lowest BCUT2D eigenvalue weighted by atomic mass is 10.1. The molecule has 9 heteroatoms. The third-order valence-electron chi connectivity index (χ3n) is 4.19. The fraction of sp³-hybridized carbons (Fsp3) is 0.364. The number of hydrogen-bond acceptors (Lipinski definition) is 7. The van der Waals surface area contributed by atoms with Gasteiger partial charge in [-0.25, -0.2) is 4.79 Å². The van der Waals surface area contributed by atoms with Crippen molar-refractivity contribution in [2.75, 3.05) is 26.4 Å². The molecule has 0 heterocycles. The third-order valence-corrected chi connectivity index (χ3v) is 4.19. The number of carbonyl (C=O) groups excluding carboxylic acids is 2. The van der Waals surface area contributed by atoms with E-state index in [0.29, 0.717) is 26.4 Å². The van der Waals surface area contributed by atoms with Crippen molar-refractivity contribution in [1.29, 1.82) is 0 Å². The molecular formula is C22H26N2O7. The highest BCUT2D eigenvalue weighted by Crippen LogP contribution is 2.18. The number of hydrogen-bond donors (Lipinski definition) is 1. The second-order valence-corrected chi connectivity index (χ2v) is 6.50. The van der Waals surface area contributed by atoms with Crippen LogP contribution in [0.15, 0.2) is 42.5 Å². The Hall–Kier alpha value is -3.30. The van der Waals surface area contributed by atoms with E-state index in [-0.39, 0.29) is 30.0 Å². The Labute approximate surface area is 180 Å². The minimum absolute atomic E-state index is 0.00710. The largest absolute Gasteiger partial charge is 0.462 e. The van der Waals surface area contributed by atoms with Crippen LogP contribution in [0.3, 0.4) is 0 Å². The molecule has 2 aromatic rings. The van der Waals surface area contributed by atoms with Gasteiger partial charge in [-0.2, -0.15) is 0 Å². The van der Waals surface area contributed by atoms with Crippen LogP contribution in [-0.2, 0) is 27.4 Å². The maximum atomic E-state index is 12.6. The Balaban J connectivity index is 2.02. The van der Waals surface area contributed by atoms with Crippen LogP contribution in [0.1, 0.15) is 45.7 Å². The first kappa shape index (κ1) is 24.0. The first-order chi connectivity index (χ1) is 14.9. The lowest BCUT2D eigenvalue weighted by Gasteiger charge is -2.09. The first-order valence-corrected chi connectivity index (χ1v) is 9.92. The van der Waals surface area contributed by atoms with Crippen LogP contribution in [0, 0.1) is 10.1 Å². The molecule has 0 radical (unpaired) electrons.